The zero-order valence-corrected chi connectivity index (χ0v) is 20.1. The number of amides is 1. The number of nitrogens with one attached hydrogen (secondary N) is 1. The molecule has 2 aromatic carbocycles. The highest BCUT2D eigenvalue weighted by Crippen LogP contribution is 2.38. The number of halogens is 4. The molecule has 1 N–H and O–H groups in total. The number of hydrogen-bond donors (Lipinski definition) is 1. The highest BCUT2D eigenvalue weighted by Gasteiger charge is 2.32. The summed E-state index contributed by atoms with van der Waals surface area (Å²) in [6.07, 6.45) is 3.09. The maximum atomic E-state index is 12.8. The molecule has 3 aromatic rings. The first-order valence-electron chi connectivity index (χ1n) is 11.5. The molecule has 2 heterocycles. The van der Waals surface area contributed by atoms with Crippen molar-refractivity contribution in [2.45, 2.75) is 38.2 Å². The van der Waals surface area contributed by atoms with E-state index < -0.39 is 6.36 Å². The van der Waals surface area contributed by atoms with Gasteiger partial charge in [-0.2, -0.15) is 0 Å². The molecule has 0 bridgehead atoms. The van der Waals surface area contributed by atoms with Crippen LogP contribution in [0.3, 0.4) is 0 Å². The Hall–Kier alpha value is -3.24. The van der Waals surface area contributed by atoms with Crippen molar-refractivity contribution in [2.24, 2.45) is 0 Å². The smallest absolute Gasteiger partial charge is 0.405 e. The number of nitrogens with zero attached hydrogens (tertiary/aromatic N) is 3. The summed E-state index contributed by atoms with van der Waals surface area (Å²) < 4.78 is 50.0. The maximum Gasteiger partial charge on any atom is 0.573 e. The lowest BCUT2D eigenvalue weighted by Gasteiger charge is -2.35. The Kier molecular flexibility index (Phi) is 8.37. The van der Waals surface area contributed by atoms with Crippen molar-refractivity contribution in [3.63, 3.8) is 0 Å². The van der Waals surface area contributed by atoms with Gasteiger partial charge in [0.2, 0.25) is 5.91 Å². The molecule has 0 saturated carbocycles. The number of likely N-dealkylation sites (tertiary alicyclic amines) is 1. The second kappa shape index (κ2) is 11.7. The Bertz CT molecular complexity index is 1160. The molecule has 0 spiro atoms. The van der Waals surface area contributed by atoms with Gasteiger partial charge in [0.05, 0.1) is 24.0 Å². The van der Waals surface area contributed by atoms with Crippen LogP contribution in [-0.4, -0.2) is 52.6 Å². The van der Waals surface area contributed by atoms with Gasteiger partial charge in [-0.25, -0.2) is 4.98 Å². The van der Waals surface area contributed by atoms with E-state index in [4.69, 9.17) is 16.3 Å². The molecule has 7 nitrogen and oxygen atoms in total. The minimum absolute atomic E-state index is 0.00679. The molecule has 1 aromatic heterocycles. The van der Waals surface area contributed by atoms with Crippen molar-refractivity contribution in [3.05, 3.63) is 66.2 Å². The monoisotopic (exact) mass is 522 g/mol. The van der Waals surface area contributed by atoms with Crippen LogP contribution in [0.2, 0.25) is 5.02 Å². The fourth-order valence-electron chi connectivity index (χ4n) is 4.21. The van der Waals surface area contributed by atoms with Gasteiger partial charge in [-0.05, 0) is 37.5 Å². The lowest BCUT2D eigenvalue weighted by atomic mass is 10.0. The number of rotatable bonds is 9. The summed E-state index contributed by atoms with van der Waals surface area (Å²) in [6.45, 7) is 1.52. The van der Waals surface area contributed by atoms with Gasteiger partial charge < -0.3 is 24.3 Å². The summed E-state index contributed by atoms with van der Waals surface area (Å²) in [5.41, 5.74) is 1.30. The van der Waals surface area contributed by atoms with Crippen LogP contribution in [0.25, 0.3) is 11.1 Å². The molecule has 36 heavy (non-hydrogen) atoms. The first kappa shape index (κ1) is 25.8. The van der Waals surface area contributed by atoms with Gasteiger partial charge in [-0.3, -0.25) is 4.79 Å². The molecular weight excluding hydrogens is 497 g/mol. The van der Waals surface area contributed by atoms with Gasteiger partial charge in [-0.1, -0.05) is 35.9 Å². The quantitative estimate of drug-likeness (QED) is 0.294. The highest BCUT2D eigenvalue weighted by atomic mass is 35.5. The van der Waals surface area contributed by atoms with Gasteiger partial charge in [-0.15, -0.1) is 13.2 Å². The number of piperidine rings is 1. The van der Waals surface area contributed by atoms with Crippen molar-refractivity contribution in [1.82, 2.24) is 14.5 Å². The van der Waals surface area contributed by atoms with E-state index in [2.05, 4.69) is 15.0 Å². The Morgan fingerprint density at radius 2 is 2.00 bits per heavy atom. The third kappa shape index (κ3) is 6.92. The molecule has 4 rings (SSSR count). The van der Waals surface area contributed by atoms with Crippen LogP contribution in [0.1, 0.15) is 19.3 Å². The fourth-order valence-corrected chi connectivity index (χ4v) is 4.49. The molecular formula is C25H26ClF3N4O3. The summed E-state index contributed by atoms with van der Waals surface area (Å²) in [5, 5.41) is 3.37. The molecule has 11 heteroatoms. The zero-order valence-electron chi connectivity index (χ0n) is 19.4. The highest BCUT2D eigenvalue weighted by molar-refractivity contribution is 6.33. The van der Waals surface area contributed by atoms with Crippen LogP contribution in [-0.2, 0) is 16.1 Å². The Balaban J connectivity index is 1.32. The van der Waals surface area contributed by atoms with Crippen LogP contribution in [0.15, 0.2) is 61.2 Å². The molecule has 0 radical (unpaired) electrons. The minimum Gasteiger partial charge on any atom is -0.405 e. The number of alkyl halides is 3. The molecule has 1 atom stereocenters. The molecule has 0 unspecified atom stereocenters. The number of para-hydroxylation sites is 1. The second-order valence-corrected chi connectivity index (χ2v) is 8.81. The van der Waals surface area contributed by atoms with Crippen molar-refractivity contribution >= 4 is 23.2 Å². The largest absolute Gasteiger partial charge is 0.573 e. The number of anilines is 1. The maximum absolute atomic E-state index is 12.8. The predicted octanol–water partition coefficient (Wildman–Crippen LogP) is 5.57. The lowest BCUT2D eigenvalue weighted by Crippen LogP contribution is -2.47. The first-order chi connectivity index (χ1) is 17.3. The van der Waals surface area contributed by atoms with E-state index in [-0.39, 0.29) is 41.6 Å². The van der Waals surface area contributed by atoms with E-state index in [9.17, 15) is 18.0 Å². The van der Waals surface area contributed by atoms with Gasteiger partial charge in [0.1, 0.15) is 19.0 Å². The molecule has 1 amide bonds. The average Bonchev–Trinajstić information content (AvgIpc) is 3.35. The fraction of sp³-hybridized carbons (Fsp3) is 0.360. The second-order valence-electron chi connectivity index (χ2n) is 8.40. The van der Waals surface area contributed by atoms with Crippen molar-refractivity contribution in [2.75, 3.05) is 25.2 Å². The van der Waals surface area contributed by atoms with Crippen LogP contribution in [0.4, 0.5) is 18.9 Å². The van der Waals surface area contributed by atoms with Crippen LogP contribution >= 0.6 is 11.6 Å². The number of carbonyl (C=O) groups excluding carboxylic acids is 1. The predicted molar refractivity (Wildman–Crippen MR) is 130 cm³/mol. The molecule has 192 valence electrons. The van der Waals surface area contributed by atoms with Gasteiger partial charge in [0, 0.05) is 35.8 Å². The van der Waals surface area contributed by atoms with Gasteiger partial charge in [0.15, 0.2) is 0 Å². The summed E-state index contributed by atoms with van der Waals surface area (Å²) in [7, 11) is 0. The number of imidazole rings is 1. The first-order valence-corrected chi connectivity index (χ1v) is 11.9. The van der Waals surface area contributed by atoms with E-state index in [1.165, 1.54) is 18.2 Å². The van der Waals surface area contributed by atoms with E-state index in [0.717, 1.165) is 19.3 Å². The zero-order chi connectivity index (χ0) is 25.5. The summed E-state index contributed by atoms with van der Waals surface area (Å²) in [6, 6.07) is 10.8. The third-order valence-electron chi connectivity index (χ3n) is 5.89. The number of ether oxygens (including phenoxy) is 2. The van der Waals surface area contributed by atoms with Crippen molar-refractivity contribution in [3.8, 4) is 16.9 Å². The molecule has 0 aliphatic carbocycles. The lowest BCUT2D eigenvalue weighted by molar-refractivity contribution is -0.274. The standard InChI is InChI=1S/C25H26ClF3N4O3/c26-22-13-18(8-9-20(22)21-6-1-2-7-23(21)36-25(27,28)29)31-17-35-15-19-5-3-4-11-33(19)24(34)14-32-12-10-30-16-32/h1-2,6-10,12-13,16,19,31H,3-5,11,14-15,17H2/t19-/m1/s1. The normalized spacial score (nSPS) is 16.1. The van der Waals surface area contributed by atoms with Gasteiger partial charge in [0.25, 0.3) is 0 Å². The number of carbonyl (C=O) groups is 1. The summed E-state index contributed by atoms with van der Waals surface area (Å²) >= 11 is 6.39. The number of hydrogen-bond acceptors (Lipinski definition) is 5. The van der Waals surface area contributed by atoms with E-state index in [1.807, 2.05) is 4.90 Å². The van der Waals surface area contributed by atoms with E-state index in [1.54, 1.807) is 47.6 Å². The topological polar surface area (TPSA) is 68.6 Å². The van der Waals surface area contributed by atoms with Crippen LogP contribution < -0.4 is 10.1 Å². The molecule has 1 aliphatic rings. The summed E-state index contributed by atoms with van der Waals surface area (Å²) in [5.74, 6) is -0.290. The number of benzene rings is 2. The average molecular weight is 523 g/mol. The van der Waals surface area contributed by atoms with Crippen LogP contribution in [0, 0.1) is 0 Å². The molecule has 1 saturated heterocycles. The Morgan fingerprint density at radius 3 is 2.75 bits per heavy atom. The van der Waals surface area contributed by atoms with Gasteiger partial charge >= 0.3 is 6.36 Å². The third-order valence-corrected chi connectivity index (χ3v) is 6.20. The molecule has 1 aliphatic heterocycles. The minimum atomic E-state index is -4.81. The van der Waals surface area contributed by atoms with Crippen molar-refractivity contribution < 1.29 is 27.4 Å². The van der Waals surface area contributed by atoms with E-state index >= 15 is 0 Å². The Morgan fingerprint density at radius 1 is 1.17 bits per heavy atom. The number of aromatic nitrogens is 2. The van der Waals surface area contributed by atoms with E-state index in [0.29, 0.717) is 24.4 Å². The molecule has 1 fully saturated rings. The Labute approximate surface area is 211 Å². The SMILES string of the molecule is O=C(Cn1ccnc1)N1CCCC[C@@H]1COCNc1ccc(-c2ccccc2OC(F)(F)F)c(Cl)c1. The van der Waals surface area contributed by atoms with Crippen LogP contribution in [0.5, 0.6) is 5.75 Å². The van der Waals surface area contributed by atoms with Crippen molar-refractivity contribution in [1.29, 1.82) is 0 Å². The summed E-state index contributed by atoms with van der Waals surface area (Å²) in [4.78, 5) is 18.6.